The van der Waals surface area contributed by atoms with Gasteiger partial charge in [0, 0.05) is 30.3 Å². The van der Waals surface area contributed by atoms with Crippen molar-refractivity contribution in [2.45, 2.75) is 46.3 Å². The van der Waals surface area contributed by atoms with Crippen LogP contribution in [0.1, 0.15) is 39.1 Å². The maximum absolute atomic E-state index is 13.0. The highest BCUT2D eigenvalue weighted by Crippen LogP contribution is 2.45. The largest absolute Gasteiger partial charge is 0.481 e. The number of hydrogen-bond donors (Lipinski definition) is 1. The molecule has 0 saturated carbocycles. The van der Waals surface area contributed by atoms with Gasteiger partial charge in [0.05, 0.1) is 41.7 Å². The minimum atomic E-state index is -0.944. The summed E-state index contributed by atoms with van der Waals surface area (Å²) in [5, 5.41) is 11.3. The van der Waals surface area contributed by atoms with Crippen LogP contribution in [0.2, 0.25) is 0 Å². The van der Waals surface area contributed by atoms with Crippen LogP contribution in [0, 0.1) is 6.92 Å². The maximum Gasteiger partial charge on any atom is 0.303 e. The Morgan fingerprint density at radius 3 is 2.71 bits per heavy atom. The molecule has 4 aromatic rings. The van der Waals surface area contributed by atoms with Crippen LogP contribution in [0.25, 0.3) is 16.8 Å². The molecule has 0 aliphatic carbocycles. The number of carbonyl (C=O) groups is 2. The minimum Gasteiger partial charge on any atom is -0.481 e. The molecule has 3 aromatic heterocycles. The highest BCUT2D eigenvalue weighted by atomic mass is 16.5. The molecular weight excluding hydrogens is 528 g/mol. The fourth-order valence-electron chi connectivity index (χ4n) is 4.96. The molecule has 0 bridgehead atoms. The van der Waals surface area contributed by atoms with Crippen LogP contribution in [-0.2, 0) is 19.9 Å². The van der Waals surface area contributed by atoms with Gasteiger partial charge in [0.2, 0.25) is 11.8 Å². The summed E-state index contributed by atoms with van der Waals surface area (Å²) < 4.78 is 18.9. The zero-order valence-electron chi connectivity index (χ0n) is 23.2. The highest BCUT2D eigenvalue weighted by Gasteiger charge is 2.35. The van der Waals surface area contributed by atoms with Crippen molar-refractivity contribution >= 4 is 29.2 Å². The number of fused-ring (bicyclic) bond motifs is 4. The predicted octanol–water partition coefficient (Wildman–Crippen LogP) is 3.48. The van der Waals surface area contributed by atoms with E-state index in [0.717, 1.165) is 22.5 Å². The van der Waals surface area contributed by atoms with Crippen LogP contribution in [0.15, 0.2) is 42.9 Å². The Balaban J connectivity index is 1.29. The Hall–Kier alpha value is -5.07. The van der Waals surface area contributed by atoms with Gasteiger partial charge in [-0.15, -0.1) is 5.10 Å². The monoisotopic (exact) mass is 556 g/mol. The first-order valence-corrected chi connectivity index (χ1v) is 13.1. The highest BCUT2D eigenvalue weighted by molar-refractivity contribution is 5.99. The molecule has 0 spiro atoms. The number of ether oxygens (including phenoxy) is 3. The van der Waals surface area contributed by atoms with E-state index < -0.39 is 17.7 Å². The van der Waals surface area contributed by atoms with Gasteiger partial charge in [-0.25, -0.2) is 19.6 Å². The van der Waals surface area contributed by atoms with Crippen LogP contribution in [0.3, 0.4) is 0 Å². The molecule has 2 aliphatic heterocycles. The lowest BCUT2D eigenvalue weighted by molar-refractivity contribution is -0.151. The quantitative estimate of drug-likeness (QED) is 0.360. The second-order valence-electron chi connectivity index (χ2n) is 10.3. The van der Waals surface area contributed by atoms with Gasteiger partial charge in [0.1, 0.15) is 23.6 Å². The van der Waals surface area contributed by atoms with Crippen LogP contribution < -0.4 is 19.7 Å². The van der Waals surface area contributed by atoms with E-state index in [1.165, 1.54) is 18.7 Å². The summed E-state index contributed by atoms with van der Waals surface area (Å²) >= 11 is 0. The summed E-state index contributed by atoms with van der Waals surface area (Å²) in [5.41, 5.74) is 4.45. The SMILES string of the molecule is CC(=O)OC(C)C(=O)N1CCOc2ncc(Nc3ncc4c(n3)C(C)(C)Oc3cc(-n5nncc5C)ccc3-4)cc21. The second-order valence-corrected chi connectivity index (χ2v) is 10.3. The zero-order chi connectivity index (χ0) is 28.9. The Kier molecular flexibility index (Phi) is 6.28. The first-order valence-electron chi connectivity index (χ1n) is 13.1. The van der Waals surface area contributed by atoms with Crippen molar-refractivity contribution in [3.63, 3.8) is 0 Å². The van der Waals surface area contributed by atoms with Crippen molar-refractivity contribution in [2.75, 3.05) is 23.4 Å². The Morgan fingerprint density at radius 1 is 1.12 bits per heavy atom. The average Bonchev–Trinajstić information content (AvgIpc) is 3.37. The topological polar surface area (TPSA) is 146 Å². The second kappa shape index (κ2) is 9.84. The van der Waals surface area contributed by atoms with Gasteiger partial charge >= 0.3 is 5.97 Å². The maximum atomic E-state index is 13.0. The van der Waals surface area contributed by atoms with Crippen LogP contribution in [0.5, 0.6) is 11.6 Å². The molecule has 1 unspecified atom stereocenters. The lowest BCUT2D eigenvalue weighted by Crippen LogP contribution is -2.44. The number of esters is 1. The van der Waals surface area contributed by atoms with Crippen molar-refractivity contribution in [1.29, 1.82) is 0 Å². The Bertz CT molecular complexity index is 1680. The fourth-order valence-corrected chi connectivity index (χ4v) is 4.96. The van der Waals surface area contributed by atoms with Gasteiger partial charge in [-0.3, -0.25) is 9.59 Å². The average molecular weight is 557 g/mol. The first-order chi connectivity index (χ1) is 19.6. The molecule has 13 nitrogen and oxygen atoms in total. The number of nitrogens with zero attached hydrogens (tertiary/aromatic N) is 7. The van der Waals surface area contributed by atoms with E-state index in [4.69, 9.17) is 19.2 Å². The van der Waals surface area contributed by atoms with Crippen LogP contribution in [-0.4, -0.2) is 61.1 Å². The van der Waals surface area contributed by atoms with E-state index in [0.29, 0.717) is 41.2 Å². The molecule has 1 amide bonds. The number of rotatable bonds is 5. The molecule has 13 heteroatoms. The number of aryl methyl sites for hydroxylation is 1. The number of anilines is 3. The van der Waals surface area contributed by atoms with E-state index in [1.807, 2.05) is 39.0 Å². The molecule has 0 radical (unpaired) electrons. The van der Waals surface area contributed by atoms with Crippen molar-refractivity contribution in [3.05, 3.63) is 54.2 Å². The normalized spacial score (nSPS) is 15.4. The molecule has 1 atom stereocenters. The lowest BCUT2D eigenvalue weighted by Gasteiger charge is -2.34. The van der Waals surface area contributed by atoms with Crippen LogP contribution >= 0.6 is 0 Å². The van der Waals surface area contributed by atoms with Gasteiger partial charge in [0.25, 0.3) is 5.91 Å². The molecule has 1 N–H and O–H groups in total. The third-order valence-corrected chi connectivity index (χ3v) is 6.83. The van der Waals surface area contributed by atoms with Gasteiger partial charge in [-0.2, -0.15) is 0 Å². The summed E-state index contributed by atoms with van der Waals surface area (Å²) in [6.45, 7) is 9.20. The third kappa shape index (κ3) is 4.79. The smallest absolute Gasteiger partial charge is 0.303 e. The molecule has 41 heavy (non-hydrogen) atoms. The fraction of sp³-hybridized carbons (Fsp3) is 0.321. The van der Waals surface area contributed by atoms with Crippen molar-refractivity contribution in [3.8, 4) is 28.4 Å². The summed E-state index contributed by atoms with van der Waals surface area (Å²) in [4.78, 5) is 39.6. The van der Waals surface area contributed by atoms with Crippen molar-refractivity contribution < 1.29 is 23.8 Å². The first kappa shape index (κ1) is 26.2. The molecule has 6 rings (SSSR count). The Labute approximate surface area is 235 Å². The van der Waals surface area contributed by atoms with E-state index >= 15 is 0 Å². The number of nitrogens with one attached hydrogen (secondary N) is 1. The summed E-state index contributed by atoms with van der Waals surface area (Å²) in [7, 11) is 0. The lowest BCUT2D eigenvalue weighted by atomic mass is 9.91. The van der Waals surface area contributed by atoms with Gasteiger partial charge in [-0.05, 0) is 45.9 Å². The van der Waals surface area contributed by atoms with E-state index in [2.05, 4.69) is 25.6 Å². The molecule has 0 saturated heterocycles. The summed E-state index contributed by atoms with van der Waals surface area (Å²) in [6, 6.07) is 7.58. The zero-order valence-corrected chi connectivity index (χ0v) is 23.2. The number of aromatic nitrogens is 6. The van der Waals surface area contributed by atoms with Gasteiger partial charge in [0.15, 0.2) is 6.10 Å². The molecule has 2 aliphatic rings. The molecule has 210 valence electrons. The molecular formula is C28H28N8O5. The van der Waals surface area contributed by atoms with Crippen molar-refractivity contribution in [1.82, 2.24) is 29.9 Å². The van der Waals surface area contributed by atoms with E-state index in [1.54, 1.807) is 29.3 Å². The van der Waals surface area contributed by atoms with E-state index in [9.17, 15) is 9.59 Å². The Morgan fingerprint density at radius 2 is 1.95 bits per heavy atom. The minimum absolute atomic E-state index is 0.274. The predicted molar refractivity (Wildman–Crippen MR) is 147 cm³/mol. The number of carbonyl (C=O) groups excluding carboxylic acids is 2. The summed E-state index contributed by atoms with van der Waals surface area (Å²) in [5.74, 6) is 0.448. The van der Waals surface area contributed by atoms with Crippen LogP contribution in [0.4, 0.5) is 17.3 Å². The molecule has 1 aromatic carbocycles. The molecule has 5 heterocycles. The number of benzene rings is 1. The third-order valence-electron chi connectivity index (χ3n) is 6.83. The summed E-state index contributed by atoms with van der Waals surface area (Å²) in [6.07, 6.45) is 4.10. The van der Waals surface area contributed by atoms with Gasteiger partial charge < -0.3 is 24.4 Å². The number of hydrogen-bond acceptors (Lipinski definition) is 11. The van der Waals surface area contributed by atoms with Crippen molar-refractivity contribution in [2.24, 2.45) is 0 Å². The number of amides is 1. The standard InChI is InChI=1S/C28H28N8O5/c1-15-12-31-34-36(15)19-6-7-20-21-14-30-27(33-24(21)28(4,5)41-23(20)11-19)32-18-10-22-25(29-13-18)39-9-8-35(22)26(38)16(2)40-17(3)37/h6-7,10-14,16H,8-9H2,1-5H3,(H,30,32,33). The molecule has 0 fully saturated rings. The van der Waals surface area contributed by atoms with Gasteiger partial charge in [-0.1, -0.05) is 5.21 Å². The van der Waals surface area contributed by atoms with E-state index in [-0.39, 0.29) is 12.5 Å². The number of pyridine rings is 1.